The number of esters is 1. The van der Waals surface area contributed by atoms with Crippen molar-refractivity contribution in [2.45, 2.75) is 20.1 Å². The van der Waals surface area contributed by atoms with Gasteiger partial charge in [0.2, 0.25) is 6.29 Å². The summed E-state index contributed by atoms with van der Waals surface area (Å²) in [6, 6.07) is 6.83. The van der Waals surface area contributed by atoms with Crippen LogP contribution in [-0.4, -0.2) is 12.3 Å². The van der Waals surface area contributed by atoms with Crippen molar-refractivity contribution in [3.63, 3.8) is 0 Å². The van der Waals surface area contributed by atoms with Gasteiger partial charge in [0, 0.05) is 18.9 Å². The van der Waals surface area contributed by atoms with E-state index in [-0.39, 0.29) is 5.97 Å². The average Bonchev–Trinajstić information content (AvgIpc) is 2.07. The van der Waals surface area contributed by atoms with Gasteiger partial charge in [-0.1, -0.05) is 11.6 Å². The summed E-state index contributed by atoms with van der Waals surface area (Å²) in [5, 5.41) is 0.637. The Morgan fingerprint density at radius 2 is 1.93 bits per heavy atom. The predicted octanol–water partition coefficient (Wildman–Crippen LogP) is 2.63. The van der Waals surface area contributed by atoms with E-state index in [1.54, 1.807) is 31.2 Å². The molecule has 0 aliphatic rings. The van der Waals surface area contributed by atoms with Gasteiger partial charge in [0.15, 0.2) is 0 Å². The molecule has 0 saturated heterocycles. The van der Waals surface area contributed by atoms with E-state index >= 15 is 0 Å². The van der Waals surface area contributed by atoms with Crippen LogP contribution in [0.15, 0.2) is 24.3 Å². The summed E-state index contributed by atoms with van der Waals surface area (Å²) in [6.45, 7) is 2.98. The van der Waals surface area contributed by atoms with E-state index in [1.807, 2.05) is 0 Å². The van der Waals surface area contributed by atoms with Gasteiger partial charge < -0.3 is 9.47 Å². The van der Waals surface area contributed by atoms with E-state index in [9.17, 15) is 4.79 Å². The number of hydrogen-bond acceptors (Lipinski definition) is 3. The summed E-state index contributed by atoms with van der Waals surface area (Å²) >= 11 is 5.69. The normalized spacial score (nSPS) is 11.9. The van der Waals surface area contributed by atoms with Gasteiger partial charge in [0.1, 0.15) is 5.75 Å². The number of carbonyl (C=O) groups is 1. The van der Waals surface area contributed by atoms with E-state index in [0.29, 0.717) is 10.8 Å². The first kappa shape index (κ1) is 10.9. The zero-order valence-corrected chi connectivity index (χ0v) is 8.75. The molecule has 0 saturated carbocycles. The predicted molar refractivity (Wildman–Crippen MR) is 53.3 cm³/mol. The SMILES string of the molecule is CC(=O)OC(C)Oc1ccc(Cl)cc1. The second kappa shape index (κ2) is 4.86. The molecule has 1 rings (SSSR count). The Labute approximate surface area is 87.6 Å². The quantitative estimate of drug-likeness (QED) is 0.573. The second-order valence-corrected chi connectivity index (χ2v) is 3.19. The van der Waals surface area contributed by atoms with Crippen molar-refractivity contribution in [2.24, 2.45) is 0 Å². The number of ether oxygens (including phenoxy) is 2. The summed E-state index contributed by atoms with van der Waals surface area (Å²) in [6.07, 6.45) is -0.589. The van der Waals surface area contributed by atoms with Crippen LogP contribution in [0.1, 0.15) is 13.8 Å². The van der Waals surface area contributed by atoms with Gasteiger partial charge in [-0.3, -0.25) is 4.79 Å². The molecule has 0 amide bonds. The van der Waals surface area contributed by atoms with Crippen molar-refractivity contribution in [1.82, 2.24) is 0 Å². The third kappa shape index (κ3) is 3.66. The molecule has 14 heavy (non-hydrogen) atoms. The molecule has 0 heterocycles. The standard InChI is InChI=1S/C10H11ClO3/c1-7(12)13-8(2)14-10-5-3-9(11)4-6-10/h3-6,8H,1-2H3. The maximum absolute atomic E-state index is 10.6. The third-order valence-electron chi connectivity index (χ3n) is 1.45. The first-order chi connectivity index (χ1) is 6.58. The van der Waals surface area contributed by atoms with Crippen molar-refractivity contribution >= 4 is 17.6 Å². The number of benzene rings is 1. The number of hydrogen-bond donors (Lipinski definition) is 0. The van der Waals surface area contributed by atoms with Crippen molar-refractivity contribution < 1.29 is 14.3 Å². The molecule has 0 aromatic heterocycles. The largest absolute Gasteiger partial charge is 0.455 e. The monoisotopic (exact) mass is 214 g/mol. The third-order valence-corrected chi connectivity index (χ3v) is 1.70. The number of rotatable bonds is 3. The summed E-state index contributed by atoms with van der Waals surface area (Å²) in [5.41, 5.74) is 0. The van der Waals surface area contributed by atoms with E-state index in [4.69, 9.17) is 21.1 Å². The zero-order valence-electron chi connectivity index (χ0n) is 7.99. The highest BCUT2D eigenvalue weighted by Gasteiger charge is 2.05. The molecule has 1 unspecified atom stereocenters. The van der Waals surface area contributed by atoms with Crippen LogP contribution in [0.2, 0.25) is 5.02 Å². The van der Waals surface area contributed by atoms with Crippen LogP contribution in [0.3, 0.4) is 0 Å². The minimum absolute atomic E-state index is 0.369. The Kier molecular flexibility index (Phi) is 3.77. The average molecular weight is 215 g/mol. The highest BCUT2D eigenvalue weighted by molar-refractivity contribution is 6.30. The Hall–Kier alpha value is -1.22. The van der Waals surface area contributed by atoms with Crippen LogP contribution in [0.5, 0.6) is 5.75 Å². The molecule has 0 radical (unpaired) electrons. The lowest BCUT2D eigenvalue weighted by Gasteiger charge is -2.13. The van der Waals surface area contributed by atoms with Gasteiger partial charge in [-0.15, -0.1) is 0 Å². The van der Waals surface area contributed by atoms with E-state index in [0.717, 1.165) is 0 Å². The maximum Gasteiger partial charge on any atom is 0.305 e. The van der Waals surface area contributed by atoms with Crippen molar-refractivity contribution in [1.29, 1.82) is 0 Å². The molecule has 1 atom stereocenters. The van der Waals surface area contributed by atoms with Crippen LogP contribution >= 0.6 is 11.6 Å². The molecule has 0 aliphatic carbocycles. The molecule has 0 bridgehead atoms. The molecule has 76 valence electrons. The zero-order chi connectivity index (χ0) is 10.6. The first-order valence-electron chi connectivity index (χ1n) is 4.17. The van der Waals surface area contributed by atoms with E-state index in [2.05, 4.69) is 0 Å². The van der Waals surface area contributed by atoms with Crippen LogP contribution in [0.4, 0.5) is 0 Å². The Morgan fingerprint density at radius 1 is 1.36 bits per heavy atom. The number of halogens is 1. The van der Waals surface area contributed by atoms with Gasteiger partial charge in [-0.25, -0.2) is 0 Å². The molecule has 0 N–H and O–H groups in total. The fourth-order valence-electron chi connectivity index (χ4n) is 0.963. The highest BCUT2D eigenvalue weighted by atomic mass is 35.5. The summed E-state index contributed by atoms with van der Waals surface area (Å²) in [7, 11) is 0. The number of carbonyl (C=O) groups excluding carboxylic acids is 1. The molecular weight excluding hydrogens is 204 g/mol. The maximum atomic E-state index is 10.6. The van der Waals surface area contributed by atoms with Gasteiger partial charge in [0.05, 0.1) is 0 Å². The molecule has 0 fully saturated rings. The van der Waals surface area contributed by atoms with Gasteiger partial charge in [-0.05, 0) is 24.3 Å². The Bertz CT molecular complexity index is 308. The lowest BCUT2D eigenvalue weighted by molar-refractivity contribution is -0.158. The summed E-state index contributed by atoms with van der Waals surface area (Å²) in [5.74, 6) is 0.245. The summed E-state index contributed by atoms with van der Waals surface area (Å²) in [4.78, 5) is 10.6. The molecule has 1 aromatic rings. The van der Waals surface area contributed by atoms with E-state index < -0.39 is 6.29 Å². The Morgan fingerprint density at radius 3 is 2.43 bits per heavy atom. The van der Waals surface area contributed by atoms with Crippen LogP contribution in [0.25, 0.3) is 0 Å². The second-order valence-electron chi connectivity index (χ2n) is 2.75. The summed E-state index contributed by atoms with van der Waals surface area (Å²) < 4.78 is 10.1. The van der Waals surface area contributed by atoms with Gasteiger partial charge >= 0.3 is 5.97 Å². The van der Waals surface area contributed by atoms with Gasteiger partial charge in [-0.2, -0.15) is 0 Å². The molecule has 0 aliphatic heterocycles. The molecule has 4 heteroatoms. The fourth-order valence-corrected chi connectivity index (χ4v) is 1.09. The minimum Gasteiger partial charge on any atom is -0.455 e. The highest BCUT2D eigenvalue weighted by Crippen LogP contribution is 2.16. The van der Waals surface area contributed by atoms with Crippen LogP contribution in [0, 0.1) is 0 Å². The first-order valence-corrected chi connectivity index (χ1v) is 4.55. The Balaban J connectivity index is 2.51. The van der Waals surface area contributed by atoms with Crippen LogP contribution in [-0.2, 0) is 9.53 Å². The van der Waals surface area contributed by atoms with Crippen molar-refractivity contribution in [3.8, 4) is 5.75 Å². The molecule has 1 aromatic carbocycles. The van der Waals surface area contributed by atoms with Crippen molar-refractivity contribution in [2.75, 3.05) is 0 Å². The molecule has 0 spiro atoms. The molecule has 3 nitrogen and oxygen atoms in total. The molecular formula is C10H11ClO3. The topological polar surface area (TPSA) is 35.5 Å². The smallest absolute Gasteiger partial charge is 0.305 e. The van der Waals surface area contributed by atoms with Gasteiger partial charge in [0.25, 0.3) is 0 Å². The van der Waals surface area contributed by atoms with Crippen molar-refractivity contribution in [3.05, 3.63) is 29.3 Å². The fraction of sp³-hybridized carbons (Fsp3) is 0.300. The minimum atomic E-state index is -0.589. The van der Waals surface area contributed by atoms with Crippen LogP contribution < -0.4 is 4.74 Å². The van der Waals surface area contributed by atoms with E-state index in [1.165, 1.54) is 6.92 Å². The lowest BCUT2D eigenvalue weighted by atomic mass is 10.3. The lowest BCUT2D eigenvalue weighted by Crippen LogP contribution is -2.18.